The van der Waals surface area contributed by atoms with Gasteiger partial charge in [-0.05, 0) is 108 Å². The molecule has 39 heavy (non-hydrogen) atoms. The smallest absolute Gasteiger partial charge is 0.207 e. The van der Waals surface area contributed by atoms with Crippen molar-refractivity contribution < 1.29 is 19.7 Å². The third-order valence-corrected chi connectivity index (χ3v) is 7.33. The van der Waals surface area contributed by atoms with Crippen molar-refractivity contribution in [3.8, 4) is 16.9 Å². The number of nitrogens with one attached hydrogen (secondary N) is 1. The highest BCUT2D eigenvalue weighted by Crippen LogP contribution is 2.39. The van der Waals surface area contributed by atoms with Gasteiger partial charge in [0.05, 0.1) is 6.10 Å². The summed E-state index contributed by atoms with van der Waals surface area (Å²) in [6.45, 7) is 11.6. The van der Waals surface area contributed by atoms with Gasteiger partial charge in [-0.25, -0.2) is 0 Å². The number of hydrogen-bond acceptors (Lipinski definition) is 5. The second kappa shape index (κ2) is 13.0. The molecule has 2 aromatic carbocycles. The van der Waals surface area contributed by atoms with E-state index in [1.54, 1.807) is 25.4 Å². The normalized spacial score (nSPS) is 13.6. The fraction of sp³-hybridized carbons (Fsp3) is 0.406. The summed E-state index contributed by atoms with van der Waals surface area (Å²) in [5.41, 5.74) is 13.7. The number of methoxy groups -OCH3 is 1. The van der Waals surface area contributed by atoms with E-state index in [9.17, 15) is 15.0 Å². The number of rotatable bonds is 13. The third kappa shape index (κ3) is 6.54. The number of phenols is 1. The second-order valence-corrected chi connectivity index (χ2v) is 10.8. The summed E-state index contributed by atoms with van der Waals surface area (Å²) in [7, 11) is 1.72. The molecule has 0 radical (unpaired) electrons. The number of phenolic OH excluding ortho intramolecular Hbond substituents is 1. The fourth-order valence-electron chi connectivity index (χ4n) is 5.40. The first kappa shape index (κ1) is 30.0. The maximum absolute atomic E-state index is 10.8. The summed E-state index contributed by atoms with van der Waals surface area (Å²) in [6.07, 6.45) is 5.51. The Balaban J connectivity index is 2.37. The van der Waals surface area contributed by atoms with Crippen LogP contribution >= 0.6 is 0 Å². The van der Waals surface area contributed by atoms with Crippen LogP contribution in [-0.2, 0) is 29.0 Å². The second-order valence-electron chi connectivity index (χ2n) is 10.8. The van der Waals surface area contributed by atoms with E-state index in [2.05, 4.69) is 62.7 Å². The lowest BCUT2D eigenvalue weighted by Gasteiger charge is -2.24. The van der Waals surface area contributed by atoms with E-state index in [0.717, 1.165) is 63.0 Å². The SMILES string of the molecule is CCC(OC)C(/C=C\N)=C(/C)c1c(CC(C)(C)CO)c2cc(-c3cc(O)cc(CNC=O)c3)ccc2n1CC. The fourth-order valence-corrected chi connectivity index (χ4v) is 5.40. The molecule has 7 nitrogen and oxygen atoms in total. The summed E-state index contributed by atoms with van der Waals surface area (Å²) in [6, 6.07) is 11.7. The first-order valence-electron chi connectivity index (χ1n) is 13.5. The van der Waals surface area contributed by atoms with Gasteiger partial charge < -0.3 is 30.6 Å². The number of benzene rings is 2. The van der Waals surface area contributed by atoms with Crippen molar-refractivity contribution in [3.05, 3.63) is 71.1 Å². The van der Waals surface area contributed by atoms with Crippen LogP contribution in [0.1, 0.15) is 57.9 Å². The zero-order valence-electron chi connectivity index (χ0n) is 24.0. The molecule has 0 saturated carbocycles. The highest BCUT2D eigenvalue weighted by atomic mass is 16.5. The van der Waals surface area contributed by atoms with Gasteiger partial charge in [0.2, 0.25) is 6.41 Å². The largest absolute Gasteiger partial charge is 0.508 e. The van der Waals surface area contributed by atoms with Gasteiger partial charge >= 0.3 is 0 Å². The van der Waals surface area contributed by atoms with Crippen LogP contribution in [0.3, 0.4) is 0 Å². The number of ether oxygens (including phenoxy) is 1. The Morgan fingerprint density at radius 1 is 1.18 bits per heavy atom. The van der Waals surface area contributed by atoms with Crippen LogP contribution in [0, 0.1) is 5.41 Å². The van der Waals surface area contributed by atoms with E-state index in [1.807, 2.05) is 12.1 Å². The van der Waals surface area contributed by atoms with Gasteiger partial charge in [-0.1, -0.05) is 26.8 Å². The summed E-state index contributed by atoms with van der Waals surface area (Å²) in [4.78, 5) is 10.8. The summed E-state index contributed by atoms with van der Waals surface area (Å²) in [5, 5.41) is 24.4. The monoisotopic (exact) mass is 533 g/mol. The molecule has 0 saturated heterocycles. The summed E-state index contributed by atoms with van der Waals surface area (Å²) < 4.78 is 8.15. The number of aryl methyl sites for hydroxylation is 1. The van der Waals surface area contributed by atoms with Crippen molar-refractivity contribution in [2.24, 2.45) is 11.1 Å². The average Bonchev–Trinajstić information content (AvgIpc) is 3.23. The van der Waals surface area contributed by atoms with E-state index < -0.39 is 0 Å². The number of carbonyl (C=O) groups excluding carboxylic acids is 1. The molecule has 5 N–H and O–H groups in total. The molecule has 0 aliphatic carbocycles. The minimum absolute atomic E-state index is 0.0541. The van der Waals surface area contributed by atoms with Crippen LogP contribution in [0.2, 0.25) is 0 Å². The minimum Gasteiger partial charge on any atom is -0.508 e. The predicted molar refractivity (Wildman–Crippen MR) is 159 cm³/mol. The van der Waals surface area contributed by atoms with Gasteiger partial charge in [0, 0.05) is 43.4 Å². The molecule has 0 bridgehead atoms. The number of amides is 1. The molecule has 1 amide bonds. The molecule has 3 aromatic rings. The van der Waals surface area contributed by atoms with Crippen LogP contribution in [0.25, 0.3) is 27.6 Å². The van der Waals surface area contributed by atoms with Crippen LogP contribution in [0.15, 0.2) is 54.2 Å². The molecular weight excluding hydrogens is 490 g/mol. The number of hydrogen-bond donors (Lipinski definition) is 4. The van der Waals surface area contributed by atoms with E-state index in [1.165, 1.54) is 0 Å². The van der Waals surface area contributed by atoms with E-state index in [-0.39, 0.29) is 23.9 Å². The van der Waals surface area contributed by atoms with E-state index in [4.69, 9.17) is 10.5 Å². The molecule has 0 spiro atoms. The van der Waals surface area contributed by atoms with Crippen LogP contribution in [-0.4, -0.2) is 41.0 Å². The van der Waals surface area contributed by atoms with Crippen molar-refractivity contribution in [1.29, 1.82) is 0 Å². The molecular formula is C32H43N3O4. The molecule has 0 aliphatic rings. The Kier molecular flexibility index (Phi) is 10.0. The van der Waals surface area contributed by atoms with Gasteiger partial charge in [-0.15, -0.1) is 0 Å². The van der Waals surface area contributed by atoms with Crippen LogP contribution in [0.4, 0.5) is 0 Å². The van der Waals surface area contributed by atoms with Crippen molar-refractivity contribution in [1.82, 2.24) is 9.88 Å². The Bertz CT molecular complexity index is 1360. The van der Waals surface area contributed by atoms with Crippen molar-refractivity contribution >= 4 is 22.9 Å². The molecule has 0 aliphatic heterocycles. The van der Waals surface area contributed by atoms with Crippen molar-refractivity contribution in [3.63, 3.8) is 0 Å². The quantitative estimate of drug-likeness (QED) is 0.171. The van der Waals surface area contributed by atoms with Gasteiger partial charge in [0.1, 0.15) is 5.75 Å². The molecule has 210 valence electrons. The van der Waals surface area contributed by atoms with Gasteiger partial charge in [0.25, 0.3) is 0 Å². The highest BCUT2D eigenvalue weighted by molar-refractivity contribution is 5.94. The number of nitrogens with zero attached hydrogens (tertiary/aromatic N) is 1. The van der Waals surface area contributed by atoms with Gasteiger partial charge in [-0.3, -0.25) is 4.79 Å². The van der Waals surface area contributed by atoms with Gasteiger partial charge in [-0.2, -0.15) is 0 Å². The number of fused-ring (bicyclic) bond motifs is 1. The number of allylic oxidation sites excluding steroid dienone is 1. The Morgan fingerprint density at radius 3 is 2.51 bits per heavy atom. The maximum Gasteiger partial charge on any atom is 0.207 e. The number of carbonyl (C=O) groups is 1. The van der Waals surface area contributed by atoms with Crippen molar-refractivity contribution in [2.45, 2.75) is 66.7 Å². The van der Waals surface area contributed by atoms with Gasteiger partial charge in [0.15, 0.2) is 0 Å². The Hall–Kier alpha value is -3.55. The number of aliphatic hydroxyl groups excluding tert-OH is 1. The lowest BCUT2D eigenvalue weighted by atomic mass is 9.83. The molecule has 7 heteroatoms. The molecule has 1 heterocycles. The molecule has 3 rings (SSSR count). The average molecular weight is 534 g/mol. The zero-order valence-corrected chi connectivity index (χ0v) is 24.0. The first-order valence-corrected chi connectivity index (χ1v) is 13.5. The maximum atomic E-state index is 10.8. The molecule has 1 aromatic heterocycles. The van der Waals surface area contributed by atoms with E-state index >= 15 is 0 Å². The van der Waals surface area contributed by atoms with Crippen LogP contribution < -0.4 is 11.1 Å². The molecule has 0 fully saturated rings. The number of aromatic nitrogens is 1. The Morgan fingerprint density at radius 2 is 1.92 bits per heavy atom. The summed E-state index contributed by atoms with van der Waals surface area (Å²) in [5.74, 6) is 0.144. The van der Waals surface area contributed by atoms with E-state index in [0.29, 0.717) is 19.4 Å². The number of aliphatic hydroxyl groups is 1. The van der Waals surface area contributed by atoms with Crippen LogP contribution in [0.5, 0.6) is 5.75 Å². The van der Waals surface area contributed by atoms with Crippen molar-refractivity contribution in [2.75, 3.05) is 13.7 Å². The standard InChI is InChI=1S/C32H43N3O4/c1-7-30(39-6)26(11-12-33)21(3)31-28(17-32(4,5)19-36)27-16-23(9-10-29(27)35(31)8-2)24-13-22(18-34-20-37)14-25(38)15-24/h9-16,20,30,36,38H,7-8,17-19,33H2,1-6H3,(H,34,37)/b12-11-,26-21-. The Labute approximate surface area is 232 Å². The first-order chi connectivity index (χ1) is 18.6. The topological polar surface area (TPSA) is 110 Å². The zero-order chi connectivity index (χ0) is 28.7. The highest BCUT2D eigenvalue weighted by Gasteiger charge is 2.27. The predicted octanol–water partition coefficient (Wildman–Crippen LogP) is 5.51. The molecule has 1 atom stereocenters. The molecule has 1 unspecified atom stereocenters. The lowest BCUT2D eigenvalue weighted by Crippen LogP contribution is -2.21. The minimum atomic E-state index is -0.341. The number of nitrogens with two attached hydrogens (primary N) is 1. The number of aromatic hydroxyl groups is 1. The summed E-state index contributed by atoms with van der Waals surface area (Å²) >= 11 is 0. The lowest BCUT2D eigenvalue weighted by molar-refractivity contribution is -0.109. The third-order valence-electron chi connectivity index (χ3n) is 7.33.